The Kier molecular flexibility index (Phi) is 4.65. The molecule has 2 rings (SSSR count). The number of amides is 1. The minimum absolute atomic E-state index is 0.00960. The van der Waals surface area contributed by atoms with Crippen molar-refractivity contribution in [3.8, 4) is 11.5 Å². The molecule has 0 fully saturated rings. The molecule has 0 heterocycles. The lowest BCUT2D eigenvalue weighted by Gasteiger charge is -2.13. The van der Waals surface area contributed by atoms with E-state index in [4.69, 9.17) is 0 Å². The summed E-state index contributed by atoms with van der Waals surface area (Å²) in [5.74, 6) is -1.19. The predicted molar refractivity (Wildman–Crippen MR) is 81.4 cm³/mol. The Labute approximate surface area is 128 Å². The van der Waals surface area contributed by atoms with Crippen LogP contribution in [0.4, 0.5) is 4.39 Å². The highest BCUT2D eigenvalue weighted by molar-refractivity contribution is 5.97. The van der Waals surface area contributed by atoms with Gasteiger partial charge in [-0.1, -0.05) is 26.0 Å². The molecule has 3 N–H and O–H groups in total. The first-order valence-electron chi connectivity index (χ1n) is 6.97. The average Bonchev–Trinajstić information content (AvgIpc) is 2.44. The zero-order valence-electron chi connectivity index (χ0n) is 12.4. The Balaban J connectivity index is 2.17. The van der Waals surface area contributed by atoms with E-state index < -0.39 is 5.91 Å². The predicted octanol–water partition coefficient (Wildman–Crippen LogP) is 3.29. The van der Waals surface area contributed by atoms with E-state index in [-0.39, 0.29) is 35.3 Å². The highest BCUT2D eigenvalue weighted by Gasteiger charge is 2.16. The molecule has 1 amide bonds. The van der Waals surface area contributed by atoms with Gasteiger partial charge >= 0.3 is 0 Å². The Morgan fingerprint density at radius 1 is 1.18 bits per heavy atom. The number of carbonyl (C=O) groups is 1. The molecule has 0 unspecified atom stereocenters. The summed E-state index contributed by atoms with van der Waals surface area (Å²) >= 11 is 0. The van der Waals surface area contributed by atoms with Gasteiger partial charge in [0.25, 0.3) is 5.91 Å². The summed E-state index contributed by atoms with van der Waals surface area (Å²) in [5, 5.41) is 22.2. The summed E-state index contributed by atoms with van der Waals surface area (Å²) in [6.07, 6.45) is 0. The number of carbonyl (C=O) groups excluding carboxylic acids is 1. The summed E-state index contributed by atoms with van der Waals surface area (Å²) in [6, 6.07) is 8.54. The van der Waals surface area contributed by atoms with Crippen LogP contribution in [-0.4, -0.2) is 16.1 Å². The van der Waals surface area contributed by atoms with Crippen LogP contribution in [0, 0.1) is 5.82 Å². The average molecular weight is 303 g/mol. The number of benzene rings is 2. The van der Waals surface area contributed by atoms with Gasteiger partial charge in [-0.05, 0) is 35.2 Å². The van der Waals surface area contributed by atoms with Gasteiger partial charge in [0.15, 0.2) is 0 Å². The highest BCUT2D eigenvalue weighted by atomic mass is 19.1. The molecule has 0 saturated heterocycles. The summed E-state index contributed by atoms with van der Waals surface area (Å²) in [6.45, 7) is 3.90. The molecule has 0 bridgehead atoms. The molecule has 0 aliphatic rings. The van der Waals surface area contributed by atoms with E-state index in [0.29, 0.717) is 11.1 Å². The van der Waals surface area contributed by atoms with Crippen molar-refractivity contribution in [3.63, 3.8) is 0 Å². The van der Waals surface area contributed by atoms with Gasteiger partial charge < -0.3 is 15.5 Å². The molecule has 22 heavy (non-hydrogen) atoms. The van der Waals surface area contributed by atoms with Gasteiger partial charge in [0.2, 0.25) is 0 Å². The van der Waals surface area contributed by atoms with E-state index in [9.17, 15) is 19.4 Å². The van der Waals surface area contributed by atoms with Crippen molar-refractivity contribution >= 4 is 5.91 Å². The first kappa shape index (κ1) is 15.8. The molecule has 0 aliphatic heterocycles. The van der Waals surface area contributed by atoms with Gasteiger partial charge in [-0.3, -0.25) is 4.79 Å². The third kappa shape index (κ3) is 3.55. The molecule has 2 aromatic rings. The van der Waals surface area contributed by atoms with Crippen LogP contribution in [0.2, 0.25) is 0 Å². The molecule has 4 nitrogen and oxygen atoms in total. The first-order chi connectivity index (χ1) is 10.4. The second-order valence-electron chi connectivity index (χ2n) is 5.40. The molecule has 0 aliphatic carbocycles. The standard InChI is InChI=1S/C17H18FNO3/c1-10(2)13-7-14(16(21)8-15(13)20)17(22)19-9-11-4-3-5-12(18)6-11/h3-8,10,20-21H,9H2,1-2H3,(H,19,22). The van der Waals surface area contributed by atoms with Gasteiger partial charge in [-0.25, -0.2) is 4.39 Å². The zero-order valence-corrected chi connectivity index (χ0v) is 12.4. The van der Waals surface area contributed by atoms with Gasteiger partial charge in [0.05, 0.1) is 5.56 Å². The summed E-state index contributed by atoms with van der Waals surface area (Å²) < 4.78 is 13.1. The normalized spacial score (nSPS) is 10.7. The summed E-state index contributed by atoms with van der Waals surface area (Å²) in [4.78, 5) is 12.2. The third-order valence-electron chi connectivity index (χ3n) is 3.35. The molecular formula is C17H18FNO3. The lowest BCUT2D eigenvalue weighted by atomic mass is 9.98. The van der Waals surface area contributed by atoms with Gasteiger partial charge in [-0.2, -0.15) is 0 Å². The lowest BCUT2D eigenvalue weighted by molar-refractivity contribution is 0.0948. The highest BCUT2D eigenvalue weighted by Crippen LogP contribution is 2.32. The van der Waals surface area contributed by atoms with Crippen LogP contribution in [0.3, 0.4) is 0 Å². The minimum atomic E-state index is -0.483. The SMILES string of the molecule is CC(C)c1cc(C(=O)NCc2cccc(F)c2)c(O)cc1O. The maximum absolute atomic E-state index is 13.1. The first-order valence-corrected chi connectivity index (χ1v) is 6.97. The summed E-state index contributed by atoms with van der Waals surface area (Å²) in [5.41, 5.74) is 1.28. The van der Waals surface area contributed by atoms with Crippen molar-refractivity contribution < 1.29 is 19.4 Å². The van der Waals surface area contributed by atoms with Crippen LogP contribution in [-0.2, 0) is 6.54 Å². The Hall–Kier alpha value is -2.56. The Morgan fingerprint density at radius 3 is 2.55 bits per heavy atom. The molecule has 0 radical (unpaired) electrons. The largest absolute Gasteiger partial charge is 0.508 e. The van der Waals surface area contributed by atoms with Crippen LogP contribution in [0.1, 0.15) is 41.3 Å². The van der Waals surface area contributed by atoms with E-state index in [1.165, 1.54) is 18.2 Å². The fraction of sp³-hybridized carbons (Fsp3) is 0.235. The number of aromatic hydroxyl groups is 2. The molecule has 0 atom stereocenters. The second kappa shape index (κ2) is 6.47. The molecule has 116 valence electrons. The van der Waals surface area contributed by atoms with Crippen molar-refractivity contribution in [2.75, 3.05) is 0 Å². The molecule has 2 aromatic carbocycles. The van der Waals surface area contributed by atoms with Crippen LogP contribution in [0.25, 0.3) is 0 Å². The fourth-order valence-corrected chi connectivity index (χ4v) is 2.16. The number of halogens is 1. The van der Waals surface area contributed by atoms with Crippen LogP contribution < -0.4 is 5.32 Å². The number of rotatable bonds is 4. The maximum atomic E-state index is 13.1. The van der Waals surface area contributed by atoms with Crippen LogP contribution >= 0.6 is 0 Å². The number of hydrogen-bond donors (Lipinski definition) is 3. The zero-order chi connectivity index (χ0) is 16.3. The second-order valence-corrected chi connectivity index (χ2v) is 5.40. The van der Waals surface area contributed by atoms with Gasteiger partial charge in [0.1, 0.15) is 17.3 Å². The molecule has 5 heteroatoms. The number of phenolic OH excluding ortho intramolecular Hbond substituents is 2. The van der Waals surface area contributed by atoms with E-state index in [1.807, 2.05) is 13.8 Å². The molecule has 0 aromatic heterocycles. The smallest absolute Gasteiger partial charge is 0.255 e. The summed E-state index contributed by atoms with van der Waals surface area (Å²) in [7, 11) is 0. The topological polar surface area (TPSA) is 69.6 Å². The van der Waals surface area contributed by atoms with Crippen molar-refractivity contribution in [3.05, 3.63) is 58.9 Å². The Bertz CT molecular complexity index is 698. The van der Waals surface area contributed by atoms with Crippen LogP contribution in [0.15, 0.2) is 36.4 Å². The third-order valence-corrected chi connectivity index (χ3v) is 3.35. The number of phenols is 2. The van der Waals surface area contributed by atoms with Crippen molar-refractivity contribution in [1.82, 2.24) is 5.32 Å². The van der Waals surface area contributed by atoms with Crippen molar-refractivity contribution in [2.45, 2.75) is 26.3 Å². The van der Waals surface area contributed by atoms with E-state index in [1.54, 1.807) is 12.1 Å². The molecule has 0 saturated carbocycles. The van der Waals surface area contributed by atoms with E-state index >= 15 is 0 Å². The number of hydrogen-bond acceptors (Lipinski definition) is 3. The monoisotopic (exact) mass is 303 g/mol. The lowest BCUT2D eigenvalue weighted by Crippen LogP contribution is -2.23. The van der Waals surface area contributed by atoms with Crippen molar-refractivity contribution in [1.29, 1.82) is 0 Å². The molecular weight excluding hydrogens is 285 g/mol. The van der Waals surface area contributed by atoms with E-state index in [2.05, 4.69) is 5.32 Å². The molecule has 0 spiro atoms. The number of nitrogens with one attached hydrogen (secondary N) is 1. The Morgan fingerprint density at radius 2 is 1.91 bits per heavy atom. The van der Waals surface area contributed by atoms with Gasteiger partial charge in [-0.15, -0.1) is 0 Å². The van der Waals surface area contributed by atoms with Crippen LogP contribution in [0.5, 0.6) is 11.5 Å². The quantitative estimate of drug-likeness (QED) is 0.811. The van der Waals surface area contributed by atoms with Crippen molar-refractivity contribution in [2.24, 2.45) is 0 Å². The van der Waals surface area contributed by atoms with Gasteiger partial charge in [0, 0.05) is 12.6 Å². The van der Waals surface area contributed by atoms with E-state index in [0.717, 1.165) is 6.07 Å². The fourth-order valence-electron chi connectivity index (χ4n) is 2.16. The maximum Gasteiger partial charge on any atom is 0.255 e. The minimum Gasteiger partial charge on any atom is -0.508 e.